The molecule has 7 nitrogen and oxygen atoms in total. The van der Waals surface area contributed by atoms with Crippen molar-refractivity contribution >= 4 is 29.9 Å². The SMILES string of the molecule is CCNC(=NCCCn1cc(C)cn1)NCCCN1CCOCC1.I. The second-order valence-electron chi connectivity index (χ2n) is 6.13. The third kappa shape index (κ3) is 9.41. The van der Waals surface area contributed by atoms with Crippen LogP contribution in [0.15, 0.2) is 17.4 Å². The zero-order valence-corrected chi connectivity index (χ0v) is 17.9. The average Bonchev–Trinajstić information content (AvgIpc) is 3.01. The minimum atomic E-state index is 0. The number of nitrogens with one attached hydrogen (secondary N) is 2. The highest BCUT2D eigenvalue weighted by atomic mass is 127. The molecule has 0 unspecified atom stereocenters. The lowest BCUT2D eigenvalue weighted by atomic mass is 10.3. The third-order valence-electron chi connectivity index (χ3n) is 3.97. The molecule has 1 aromatic rings. The number of ether oxygens (including phenoxy) is 1. The van der Waals surface area contributed by atoms with Crippen LogP contribution < -0.4 is 10.6 Å². The Balaban J connectivity index is 0.00000312. The number of aliphatic imine (C=N–C) groups is 1. The molecule has 0 aromatic carbocycles. The molecular formula is C17H33IN6O. The van der Waals surface area contributed by atoms with Crippen LogP contribution in [0, 0.1) is 6.92 Å². The Hall–Kier alpha value is -0.870. The molecule has 2 heterocycles. The number of halogens is 1. The molecule has 1 aromatic heterocycles. The number of guanidine groups is 1. The van der Waals surface area contributed by atoms with E-state index in [2.05, 4.69) is 45.7 Å². The molecule has 1 fully saturated rings. The highest BCUT2D eigenvalue weighted by Gasteiger charge is 2.09. The number of hydrogen-bond donors (Lipinski definition) is 2. The molecule has 0 amide bonds. The fraction of sp³-hybridized carbons (Fsp3) is 0.765. The second-order valence-corrected chi connectivity index (χ2v) is 6.13. The normalized spacial score (nSPS) is 15.7. The summed E-state index contributed by atoms with van der Waals surface area (Å²) in [5.41, 5.74) is 1.20. The molecule has 144 valence electrons. The van der Waals surface area contributed by atoms with Crippen LogP contribution in [0.1, 0.15) is 25.3 Å². The summed E-state index contributed by atoms with van der Waals surface area (Å²) in [7, 11) is 0. The van der Waals surface area contributed by atoms with E-state index in [4.69, 9.17) is 4.74 Å². The smallest absolute Gasteiger partial charge is 0.191 e. The van der Waals surface area contributed by atoms with Gasteiger partial charge in [0.2, 0.25) is 0 Å². The monoisotopic (exact) mass is 464 g/mol. The van der Waals surface area contributed by atoms with Gasteiger partial charge in [-0.25, -0.2) is 0 Å². The molecule has 0 spiro atoms. The van der Waals surface area contributed by atoms with Gasteiger partial charge in [-0.3, -0.25) is 14.6 Å². The van der Waals surface area contributed by atoms with Crippen molar-refractivity contribution in [3.8, 4) is 0 Å². The van der Waals surface area contributed by atoms with Gasteiger partial charge in [0.15, 0.2) is 5.96 Å². The Kier molecular flexibility index (Phi) is 11.8. The van der Waals surface area contributed by atoms with E-state index in [1.165, 1.54) is 5.56 Å². The lowest BCUT2D eigenvalue weighted by molar-refractivity contribution is 0.0376. The average molecular weight is 464 g/mol. The highest BCUT2D eigenvalue weighted by molar-refractivity contribution is 14.0. The second kappa shape index (κ2) is 13.3. The van der Waals surface area contributed by atoms with Crippen molar-refractivity contribution in [2.45, 2.75) is 33.2 Å². The third-order valence-corrected chi connectivity index (χ3v) is 3.97. The van der Waals surface area contributed by atoms with Crippen molar-refractivity contribution in [3.63, 3.8) is 0 Å². The van der Waals surface area contributed by atoms with Crippen molar-refractivity contribution < 1.29 is 4.74 Å². The van der Waals surface area contributed by atoms with Gasteiger partial charge in [-0.05, 0) is 38.8 Å². The van der Waals surface area contributed by atoms with Gasteiger partial charge in [0.25, 0.3) is 0 Å². The van der Waals surface area contributed by atoms with Crippen molar-refractivity contribution in [2.75, 3.05) is 52.5 Å². The van der Waals surface area contributed by atoms with Crippen LogP contribution in [0.3, 0.4) is 0 Å². The fourth-order valence-corrected chi connectivity index (χ4v) is 2.69. The molecule has 8 heteroatoms. The zero-order valence-electron chi connectivity index (χ0n) is 15.5. The number of nitrogens with zero attached hydrogens (tertiary/aromatic N) is 4. The van der Waals surface area contributed by atoms with Gasteiger partial charge in [0.05, 0.1) is 19.4 Å². The number of rotatable bonds is 9. The largest absolute Gasteiger partial charge is 0.379 e. The molecular weight excluding hydrogens is 431 g/mol. The lowest BCUT2D eigenvalue weighted by Gasteiger charge is -2.26. The molecule has 0 saturated carbocycles. The van der Waals surface area contributed by atoms with E-state index in [1.54, 1.807) is 0 Å². The number of hydrogen-bond acceptors (Lipinski definition) is 4. The van der Waals surface area contributed by atoms with Crippen LogP contribution in [0.25, 0.3) is 0 Å². The van der Waals surface area contributed by atoms with Crippen LogP contribution >= 0.6 is 24.0 Å². The van der Waals surface area contributed by atoms with E-state index in [9.17, 15) is 0 Å². The van der Waals surface area contributed by atoms with Gasteiger partial charge in [0.1, 0.15) is 0 Å². The minimum absolute atomic E-state index is 0. The summed E-state index contributed by atoms with van der Waals surface area (Å²) < 4.78 is 7.35. The van der Waals surface area contributed by atoms with Crippen molar-refractivity contribution in [1.82, 2.24) is 25.3 Å². The Morgan fingerprint density at radius 1 is 1.24 bits per heavy atom. The predicted molar refractivity (Wildman–Crippen MR) is 113 cm³/mol. The summed E-state index contributed by atoms with van der Waals surface area (Å²) in [5, 5.41) is 11.0. The maximum absolute atomic E-state index is 5.37. The van der Waals surface area contributed by atoms with Crippen LogP contribution in [-0.2, 0) is 11.3 Å². The van der Waals surface area contributed by atoms with Crippen LogP contribution in [0.4, 0.5) is 0 Å². The van der Waals surface area contributed by atoms with Gasteiger partial charge < -0.3 is 15.4 Å². The summed E-state index contributed by atoms with van der Waals surface area (Å²) in [4.78, 5) is 7.10. The molecule has 25 heavy (non-hydrogen) atoms. The number of aromatic nitrogens is 2. The summed E-state index contributed by atoms with van der Waals surface area (Å²) in [6, 6.07) is 0. The summed E-state index contributed by atoms with van der Waals surface area (Å²) in [6.07, 6.45) is 6.07. The van der Waals surface area contributed by atoms with Gasteiger partial charge in [-0.1, -0.05) is 0 Å². The van der Waals surface area contributed by atoms with E-state index in [0.717, 1.165) is 77.8 Å². The molecule has 2 rings (SSSR count). The maximum atomic E-state index is 5.37. The van der Waals surface area contributed by atoms with E-state index in [-0.39, 0.29) is 24.0 Å². The minimum Gasteiger partial charge on any atom is -0.379 e. The van der Waals surface area contributed by atoms with E-state index in [1.807, 2.05) is 10.9 Å². The first kappa shape index (κ1) is 22.2. The number of morpholine rings is 1. The summed E-state index contributed by atoms with van der Waals surface area (Å²) in [6.45, 7) is 12.7. The van der Waals surface area contributed by atoms with Gasteiger partial charge in [-0.15, -0.1) is 24.0 Å². The Morgan fingerprint density at radius 3 is 2.72 bits per heavy atom. The fourth-order valence-electron chi connectivity index (χ4n) is 2.69. The zero-order chi connectivity index (χ0) is 17.0. The van der Waals surface area contributed by atoms with Gasteiger partial charge in [-0.2, -0.15) is 5.10 Å². The van der Waals surface area contributed by atoms with E-state index < -0.39 is 0 Å². The van der Waals surface area contributed by atoms with E-state index in [0.29, 0.717) is 0 Å². The topological polar surface area (TPSA) is 66.7 Å². The highest BCUT2D eigenvalue weighted by Crippen LogP contribution is 1.98. The van der Waals surface area contributed by atoms with Crippen molar-refractivity contribution in [3.05, 3.63) is 18.0 Å². The molecule has 1 aliphatic heterocycles. The molecule has 2 N–H and O–H groups in total. The molecule has 0 aliphatic carbocycles. The van der Waals surface area contributed by atoms with Crippen LogP contribution in [-0.4, -0.2) is 73.1 Å². The van der Waals surface area contributed by atoms with Gasteiger partial charge in [0, 0.05) is 45.5 Å². The molecule has 0 radical (unpaired) electrons. The molecule has 1 saturated heterocycles. The first-order chi connectivity index (χ1) is 11.8. The lowest BCUT2D eigenvalue weighted by Crippen LogP contribution is -2.40. The Labute approximate surface area is 168 Å². The summed E-state index contributed by atoms with van der Waals surface area (Å²) in [5.74, 6) is 0.913. The first-order valence-corrected chi connectivity index (χ1v) is 9.09. The number of aryl methyl sites for hydroxylation is 2. The van der Waals surface area contributed by atoms with E-state index >= 15 is 0 Å². The Morgan fingerprint density at radius 2 is 2.04 bits per heavy atom. The molecule has 1 aliphatic rings. The standard InChI is InChI=1S/C17H32N6O.HI/c1-3-18-17(19-6-4-8-22-10-12-24-13-11-22)20-7-5-9-23-15-16(2)14-21-23;/h14-15H,3-13H2,1-2H3,(H2,18,19,20);1H. The van der Waals surface area contributed by atoms with Crippen molar-refractivity contribution in [1.29, 1.82) is 0 Å². The predicted octanol–water partition coefficient (Wildman–Crippen LogP) is 1.48. The van der Waals surface area contributed by atoms with Crippen LogP contribution in [0.2, 0.25) is 0 Å². The molecule has 0 atom stereocenters. The summed E-state index contributed by atoms with van der Waals surface area (Å²) >= 11 is 0. The van der Waals surface area contributed by atoms with Crippen LogP contribution in [0.5, 0.6) is 0 Å². The molecule has 0 bridgehead atoms. The first-order valence-electron chi connectivity index (χ1n) is 9.09. The Bertz CT molecular complexity index is 487. The quantitative estimate of drug-likeness (QED) is 0.251. The van der Waals surface area contributed by atoms with Crippen molar-refractivity contribution in [2.24, 2.45) is 4.99 Å². The maximum Gasteiger partial charge on any atom is 0.191 e. The van der Waals surface area contributed by atoms with Gasteiger partial charge >= 0.3 is 0 Å².